The van der Waals surface area contributed by atoms with Gasteiger partial charge >= 0.3 is 0 Å². The van der Waals surface area contributed by atoms with Gasteiger partial charge in [0, 0.05) is 37.4 Å². The van der Waals surface area contributed by atoms with Crippen LogP contribution < -0.4 is 4.90 Å². The Balaban J connectivity index is 2.13. The highest BCUT2D eigenvalue weighted by molar-refractivity contribution is 7.88. The van der Waals surface area contributed by atoms with Crippen LogP contribution in [0.15, 0.2) is 6.33 Å². The summed E-state index contributed by atoms with van der Waals surface area (Å²) in [6.45, 7) is 6.32. The van der Waals surface area contributed by atoms with Crippen molar-refractivity contribution in [1.82, 2.24) is 14.3 Å². The van der Waals surface area contributed by atoms with Crippen LogP contribution in [0.25, 0.3) is 0 Å². The summed E-state index contributed by atoms with van der Waals surface area (Å²) in [6.07, 6.45) is 2.81. The lowest BCUT2D eigenvalue weighted by Crippen LogP contribution is -2.48. The molecule has 1 fully saturated rings. The summed E-state index contributed by atoms with van der Waals surface area (Å²) in [6, 6.07) is 0. The van der Waals surface area contributed by atoms with Gasteiger partial charge in [-0.25, -0.2) is 18.4 Å². The minimum atomic E-state index is -3.08. The van der Waals surface area contributed by atoms with Gasteiger partial charge < -0.3 is 4.90 Å². The maximum atomic E-state index is 11.4. The first kappa shape index (κ1) is 13.2. The zero-order valence-corrected chi connectivity index (χ0v) is 11.7. The van der Waals surface area contributed by atoms with E-state index in [2.05, 4.69) is 14.9 Å². The van der Waals surface area contributed by atoms with Gasteiger partial charge in [0.1, 0.15) is 12.1 Å². The molecular weight excluding hydrogens is 252 g/mol. The van der Waals surface area contributed by atoms with Crippen LogP contribution in [0.5, 0.6) is 0 Å². The number of hydrogen-bond acceptors (Lipinski definition) is 5. The van der Waals surface area contributed by atoms with Crippen molar-refractivity contribution in [3.8, 4) is 0 Å². The summed E-state index contributed by atoms with van der Waals surface area (Å²) in [5, 5.41) is 0. The highest BCUT2D eigenvalue weighted by Crippen LogP contribution is 2.20. The molecule has 0 radical (unpaired) electrons. The molecule has 0 atom stereocenters. The molecule has 2 heterocycles. The van der Waals surface area contributed by atoms with Gasteiger partial charge in [0.15, 0.2) is 0 Å². The van der Waals surface area contributed by atoms with E-state index in [1.165, 1.54) is 10.6 Å². The largest absolute Gasteiger partial charge is 0.354 e. The molecule has 1 aliphatic rings. The van der Waals surface area contributed by atoms with E-state index in [1.807, 2.05) is 13.8 Å². The van der Waals surface area contributed by atoms with Gasteiger partial charge in [0.05, 0.1) is 6.26 Å². The summed E-state index contributed by atoms with van der Waals surface area (Å²) < 4.78 is 24.4. The fourth-order valence-electron chi connectivity index (χ4n) is 2.08. The zero-order valence-electron chi connectivity index (χ0n) is 10.9. The first-order valence-electron chi connectivity index (χ1n) is 5.88. The van der Waals surface area contributed by atoms with E-state index in [9.17, 15) is 8.42 Å². The van der Waals surface area contributed by atoms with Gasteiger partial charge in [0.25, 0.3) is 0 Å². The molecule has 1 saturated heterocycles. The van der Waals surface area contributed by atoms with E-state index >= 15 is 0 Å². The quantitative estimate of drug-likeness (QED) is 0.766. The van der Waals surface area contributed by atoms with Gasteiger partial charge in [-0.15, -0.1) is 0 Å². The van der Waals surface area contributed by atoms with Crippen LogP contribution >= 0.6 is 0 Å². The molecule has 100 valence electrons. The Labute approximate surface area is 108 Å². The van der Waals surface area contributed by atoms with Crippen molar-refractivity contribution in [2.24, 2.45) is 0 Å². The fraction of sp³-hybridized carbons (Fsp3) is 0.636. The van der Waals surface area contributed by atoms with Crippen molar-refractivity contribution in [2.75, 3.05) is 37.3 Å². The zero-order chi connectivity index (χ0) is 13.3. The van der Waals surface area contributed by atoms with Gasteiger partial charge in [-0.1, -0.05) is 0 Å². The Kier molecular flexibility index (Phi) is 3.54. The molecule has 7 heteroatoms. The highest BCUT2D eigenvalue weighted by atomic mass is 32.2. The third kappa shape index (κ3) is 2.62. The second-order valence-corrected chi connectivity index (χ2v) is 6.54. The number of rotatable bonds is 2. The summed E-state index contributed by atoms with van der Waals surface area (Å²) in [4.78, 5) is 10.6. The van der Waals surface area contributed by atoms with E-state index in [1.54, 1.807) is 6.33 Å². The molecule has 18 heavy (non-hydrogen) atoms. The van der Waals surface area contributed by atoms with E-state index in [0.29, 0.717) is 26.2 Å². The lowest BCUT2D eigenvalue weighted by molar-refractivity contribution is 0.386. The molecule has 0 aliphatic carbocycles. The molecule has 1 aromatic heterocycles. The average molecular weight is 270 g/mol. The molecule has 6 nitrogen and oxygen atoms in total. The number of sulfonamides is 1. The summed E-state index contributed by atoms with van der Waals surface area (Å²) in [5.41, 5.74) is 2.02. The molecular formula is C11H18N4O2S. The second kappa shape index (κ2) is 4.81. The number of hydrogen-bond donors (Lipinski definition) is 0. The summed E-state index contributed by atoms with van der Waals surface area (Å²) in [5.74, 6) is 0.913. The van der Waals surface area contributed by atoms with Gasteiger partial charge in [-0.05, 0) is 13.8 Å². The number of aryl methyl sites for hydroxylation is 1. The van der Waals surface area contributed by atoms with E-state index in [-0.39, 0.29) is 0 Å². The van der Waals surface area contributed by atoms with Crippen LogP contribution in [0.4, 0.5) is 5.82 Å². The number of aromatic nitrogens is 2. The van der Waals surface area contributed by atoms with Crippen LogP contribution in [0.2, 0.25) is 0 Å². The molecule has 0 N–H and O–H groups in total. The van der Waals surface area contributed by atoms with Crippen molar-refractivity contribution >= 4 is 15.8 Å². The summed E-state index contributed by atoms with van der Waals surface area (Å²) in [7, 11) is -3.08. The monoisotopic (exact) mass is 270 g/mol. The molecule has 1 aliphatic heterocycles. The first-order chi connectivity index (χ1) is 8.39. The minimum Gasteiger partial charge on any atom is -0.354 e. The van der Waals surface area contributed by atoms with E-state index < -0.39 is 10.0 Å². The van der Waals surface area contributed by atoms with E-state index in [0.717, 1.165) is 17.1 Å². The first-order valence-corrected chi connectivity index (χ1v) is 7.72. The third-order valence-electron chi connectivity index (χ3n) is 3.32. The molecule has 0 amide bonds. The Hall–Kier alpha value is -1.21. The molecule has 1 aromatic rings. The predicted octanol–water partition coefficient (Wildman–Crippen LogP) is 0.175. The van der Waals surface area contributed by atoms with Crippen molar-refractivity contribution < 1.29 is 8.42 Å². The Morgan fingerprint density at radius 3 is 2.28 bits per heavy atom. The number of anilines is 1. The molecule has 0 saturated carbocycles. The second-order valence-electron chi connectivity index (χ2n) is 4.56. The Morgan fingerprint density at radius 2 is 1.72 bits per heavy atom. The number of piperazine rings is 1. The molecule has 0 unspecified atom stereocenters. The lowest BCUT2D eigenvalue weighted by Gasteiger charge is -2.34. The maximum absolute atomic E-state index is 11.4. The standard InChI is InChI=1S/C11H18N4O2S/c1-9-10(2)12-8-13-11(9)14-4-6-15(7-5-14)18(3,16)17/h8H,4-7H2,1-3H3. The topological polar surface area (TPSA) is 66.4 Å². The smallest absolute Gasteiger partial charge is 0.211 e. The molecule has 0 bridgehead atoms. The van der Waals surface area contributed by atoms with Gasteiger partial charge in [-0.3, -0.25) is 0 Å². The Bertz CT molecular complexity index is 536. The van der Waals surface area contributed by atoms with Crippen LogP contribution in [-0.2, 0) is 10.0 Å². The maximum Gasteiger partial charge on any atom is 0.211 e. The van der Waals surface area contributed by atoms with Crippen molar-refractivity contribution in [3.63, 3.8) is 0 Å². The fourth-order valence-corrected chi connectivity index (χ4v) is 2.90. The van der Waals surface area contributed by atoms with Crippen molar-refractivity contribution in [1.29, 1.82) is 0 Å². The Morgan fingerprint density at radius 1 is 1.11 bits per heavy atom. The average Bonchev–Trinajstić information content (AvgIpc) is 2.32. The van der Waals surface area contributed by atoms with Crippen LogP contribution in [0, 0.1) is 13.8 Å². The molecule has 0 aromatic carbocycles. The van der Waals surface area contributed by atoms with E-state index in [4.69, 9.17) is 0 Å². The predicted molar refractivity (Wildman–Crippen MR) is 70.1 cm³/mol. The normalized spacial score (nSPS) is 18.1. The lowest BCUT2D eigenvalue weighted by atomic mass is 10.2. The van der Waals surface area contributed by atoms with Crippen molar-refractivity contribution in [2.45, 2.75) is 13.8 Å². The number of nitrogens with zero attached hydrogens (tertiary/aromatic N) is 4. The molecule has 0 spiro atoms. The minimum absolute atomic E-state index is 0.515. The van der Waals surface area contributed by atoms with Gasteiger partial charge in [0.2, 0.25) is 10.0 Å². The van der Waals surface area contributed by atoms with Crippen LogP contribution in [-0.4, -0.2) is 55.1 Å². The van der Waals surface area contributed by atoms with Gasteiger partial charge in [-0.2, -0.15) is 4.31 Å². The summed E-state index contributed by atoms with van der Waals surface area (Å²) >= 11 is 0. The SMILES string of the molecule is Cc1ncnc(N2CCN(S(C)(=O)=O)CC2)c1C. The van der Waals surface area contributed by atoms with Crippen LogP contribution in [0.1, 0.15) is 11.3 Å². The highest BCUT2D eigenvalue weighted by Gasteiger charge is 2.24. The third-order valence-corrected chi connectivity index (χ3v) is 4.62. The van der Waals surface area contributed by atoms with Crippen molar-refractivity contribution in [3.05, 3.63) is 17.6 Å². The van der Waals surface area contributed by atoms with Crippen LogP contribution in [0.3, 0.4) is 0 Å². The molecule has 2 rings (SSSR count).